The average molecular weight is 303 g/mol. The molecule has 3 N–H and O–H groups in total. The zero-order valence-corrected chi connectivity index (χ0v) is 12.8. The van der Waals surface area contributed by atoms with Crippen LogP contribution in [0.4, 0.5) is 11.4 Å². The van der Waals surface area contributed by atoms with Crippen molar-refractivity contribution >= 4 is 28.9 Å². The molecule has 110 valence electrons. The normalized spacial score (nSPS) is 10.4. The van der Waals surface area contributed by atoms with E-state index in [0.717, 1.165) is 23.4 Å². The van der Waals surface area contributed by atoms with Crippen LogP contribution in [0.3, 0.4) is 0 Å². The van der Waals surface area contributed by atoms with Crippen LogP contribution in [0.1, 0.15) is 24.0 Å². The highest BCUT2D eigenvalue weighted by Gasteiger charge is 2.05. The first-order valence-corrected chi connectivity index (χ1v) is 7.33. The van der Waals surface area contributed by atoms with E-state index in [2.05, 4.69) is 5.32 Å². The van der Waals surface area contributed by atoms with Crippen molar-refractivity contribution in [1.29, 1.82) is 0 Å². The molecule has 0 aliphatic heterocycles. The van der Waals surface area contributed by atoms with E-state index in [1.165, 1.54) is 5.56 Å². The summed E-state index contributed by atoms with van der Waals surface area (Å²) in [7, 11) is 0. The van der Waals surface area contributed by atoms with E-state index in [1.54, 1.807) is 0 Å². The Hall–Kier alpha value is -2.00. The Bertz CT molecular complexity index is 623. The van der Waals surface area contributed by atoms with Gasteiger partial charge in [0, 0.05) is 11.4 Å². The summed E-state index contributed by atoms with van der Waals surface area (Å²) in [6.45, 7) is 1.97. The molecular weight excluding hydrogens is 284 g/mol. The second-order valence-electron chi connectivity index (χ2n) is 5.12. The van der Waals surface area contributed by atoms with Crippen molar-refractivity contribution in [3.63, 3.8) is 0 Å². The predicted molar refractivity (Wildman–Crippen MR) is 88.6 cm³/mol. The van der Waals surface area contributed by atoms with Gasteiger partial charge in [-0.3, -0.25) is 4.79 Å². The maximum absolute atomic E-state index is 11.9. The van der Waals surface area contributed by atoms with Gasteiger partial charge in [-0.15, -0.1) is 0 Å². The molecule has 2 rings (SSSR count). The second kappa shape index (κ2) is 7.14. The van der Waals surface area contributed by atoms with Gasteiger partial charge < -0.3 is 11.1 Å². The number of rotatable bonds is 5. The highest BCUT2D eigenvalue weighted by Crippen LogP contribution is 2.20. The van der Waals surface area contributed by atoms with Crippen LogP contribution in [0.25, 0.3) is 0 Å². The third-order valence-electron chi connectivity index (χ3n) is 3.26. The first kappa shape index (κ1) is 15.4. The SMILES string of the molecule is Cc1ccc(NC(=O)CCCc2ccc(Cl)cc2)c(N)c1. The minimum absolute atomic E-state index is 0.0143. The zero-order valence-electron chi connectivity index (χ0n) is 12.0. The fourth-order valence-corrected chi connectivity index (χ4v) is 2.24. The molecule has 0 saturated carbocycles. The van der Waals surface area contributed by atoms with Crippen molar-refractivity contribution in [2.75, 3.05) is 11.1 Å². The number of carbonyl (C=O) groups excluding carboxylic acids is 1. The summed E-state index contributed by atoms with van der Waals surface area (Å²) in [6, 6.07) is 13.3. The van der Waals surface area contributed by atoms with Gasteiger partial charge in [0.05, 0.1) is 11.4 Å². The first-order valence-electron chi connectivity index (χ1n) is 6.95. The van der Waals surface area contributed by atoms with Gasteiger partial charge in [0.25, 0.3) is 0 Å². The summed E-state index contributed by atoms with van der Waals surface area (Å²) in [6.07, 6.45) is 2.11. The van der Waals surface area contributed by atoms with E-state index >= 15 is 0 Å². The van der Waals surface area contributed by atoms with Gasteiger partial charge in [-0.05, 0) is 55.2 Å². The molecule has 0 radical (unpaired) electrons. The molecule has 0 aliphatic rings. The number of carbonyl (C=O) groups is 1. The maximum Gasteiger partial charge on any atom is 0.224 e. The van der Waals surface area contributed by atoms with Crippen LogP contribution in [0, 0.1) is 6.92 Å². The lowest BCUT2D eigenvalue weighted by Gasteiger charge is -2.09. The number of aryl methyl sites for hydroxylation is 2. The van der Waals surface area contributed by atoms with Crippen LogP contribution >= 0.6 is 11.6 Å². The van der Waals surface area contributed by atoms with Crippen molar-refractivity contribution < 1.29 is 4.79 Å². The van der Waals surface area contributed by atoms with Crippen molar-refractivity contribution in [2.45, 2.75) is 26.2 Å². The third kappa shape index (κ3) is 4.80. The number of nitrogens with one attached hydrogen (secondary N) is 1. The Balaban J connectivity index is 1.81. The van der Waals surface area contributed by atoms with Crippen molar-refractivity contribution in [1.82, 2.24) is 0 Å². The minimum atomic E-state index is -0.0143. The third-order valence-corrected chi connectivity index (χ3v) is 3.52. The zero-order chi connectivity index (χ0) is 15.2. The summed E-state index contributed by atoms with van der Waals surface area (Å²) < 4.78 is 0. The molecule has 0 saturated heterocycles. The molecule has 0 heterocycles. The Kier molecular flexibility index (Phi) is 5.23. The molecule has 4 heteroatoms. The van der Waals surface area contributed by atoms with E-state index in [1.807, 2.05) is 49.4 Å². The Morgan fingerprint density at radius 3 is 2.57 bits per heavy atom. The highest BCUT2D eigenvalue weighted by atomic mass is 35.5. The second-order valence-corrected chi connectivity index (χ2v) is 5.56. The van der Waals surface area contributed by atoms with E-state index in [0.29, 0.717) is 17.8 Å². The molecule has 0 aliphatic carbocycles. The highest BCUT2D eigenvalue weighted by molar-refractivity contribution is 6.30. The molecule has 0 fully saturated rings. The molecule has 0 atom stereocenters. The smallest absolute Gasteiger partial charge is 0.224 e. The van der Waals surface area contributed by atoms with Crippen LogP contribution in [0.15, 0.2) is 42.5 Å². The molecule has 0 bridgehead atoms. The summed E-state index contributed by atoms with van der Waals surface area (Å²) in [4.78, 5) is 11.9. The van der Waals surface area contributed by atoms with E-state index in [-0.39, 0.29) is 5.91 Å². The summed E-state index contributed by atoms with van der Waals surface area (Å²) >= 11 is 5.84. The molecular formula is C17H19ClN2O. The number of amides is 1. The van der Waals surface area contributed by atoms with Crippen LogP contribution in [0.2, 0.25) is 5.02 Å². The van der Waals surface area contributed by atoms with E-state index in [9.17, 15) is 4.79 Å². The van der Waals surface area contributed by atoms with Crippen LogP contribution < -0.4 is 11.1 Å². The van der Waals surface area contributed by atoms with Gasteiger partial charge in [-0.2, -0.15) is 0 Å². The van der Waals surface area contributed by atoms with E-state index < -0.39 is 0 Å². The van der Waals surface area contributed by atoms with Crippen molar-refractivity contribution in [2.24, 2.45) is 0 Å². The lowest BCUT2D eigenvalue weighted by Crippen LogP contribution is -2.13. The molecule has 3 nitrogen and oxygen atoms in total. The number of nitrogens with two attached hydrogens (primary N) is 1. The largest absolute Gasteiger partial charge is 0.397 e. The number of hydrogen-bond acceptors (Lipinski definition) is 2. The van der Waals surface area contributed by atoms with Crippen LogP contribution in [0.5, 0.6) is 0 Å². The van der Waals surface area contributed by atoms with Crippen molar-refractivity contribution in [3.8, 4) is 0 Å². The molecule has 0 unspecified atom stereocenters. The average Bonchev–Trinajstić information content (AvgIpc) is 2.44. The van der Waals surface area contributed by atoms with Gasteiger partial charge >= 0.3 is 0 Å². The molecule has 2 aromatic carbocycles. The fraction of sp³-hybridized carbons (Fsp3) is 0.235. The number of nitrogen functional groups attached to an aromatic ring is 1. The number of halogens is 1. The van der Waals surface area contributed by atoms with Gasteiger partial charge in [-0.1, -0.05) is 29.8 Å². The molecule has 1 amide bonds. The summed E-state index contributed by atoms with van der Waals surface area (Å²) in [5.41, 5.74) is 9.41. The lowest BCUT2D eigenvalue weighted by atomic mass is 10.1. The summed E-state index contributed by atoms with van der Waals surface area (Å²) in [5.74, 6) is -0.0143. The number of anilines is 2. The number of hydrogen-bond donors (Lipinski definition) is 2. The summed E-state index contributed by atoms with van der Waals surface area (Å²) in [5, 5.41) is 3.58. The maximum atomic E-state index is 11.9. The first-order chi connectivity index (χ1) is 10.0. The predicted octanol–water partition coefficient (Wildman–Crippen LogP) is 4.19. The van der Waals surface area contributed by atoms with Gasteiger partial charge in [-0.25, -0.2) is 0 Å². The Morgan fingerprint density at radius 1 is 1.19 bits per heavy atom. The fourth-order valence-electron chi connectivity index (χ4n) is 2.11. The Labute approximate surface area is 130 Å². The topological polar surface area (TPSA) is 55.1 Å². The Morgan fingerprint density at radius 2 is 1.90 bits per heavy atom. The van der Waals surface area contributed by atoms with E-state index in [4.69, 9.17) is 17.3 Å². The van der Waals surface area contributed by atoms with Crippen LogP contribution in [-0.2, 0) is 11.2 Å². The monoisotopic (exact) mass is 302 g/mol. The standard InChI is InChI=1S/C17H19ClN2O/c1-12-5-10-16(15(19)11-12)20-17(21)4-2-3-13-6-8-14(18)9-7-13/h5-11H,2-4,19H2,1H3,(H,20,21). The minimum Gasteiger partial charge on any atom is -0.397 e. The molecule has 0 aromatic heterocycles. The van der Waals surface area contributed by atoms with Crippen molar-refractivity contribution in [3.05, 3.63) is 58.6 Å². The van der Waals surface area contributed by atoms with Crippen LogP contribution in [-0.4, -0.2) is 5.91 Å². The lowest BCUT2D eigenvalue weighted by molar-refractivity contribution is -0.116. The quantitative estimate of drug-likeness (QED) is 0.814. The number of benzene rings is 2. The van der Waals surface area contributed by atoms with Gasteiger partial charge in [0.2, 0.25) is 5.91 Å². The van der Waals surface area contributed by atoms with Gasteiger partial charge in [0.1, 0.15) is 0 Å². The molecule has 2 aromatic rings. The van der Waals surface area contributed by atoms with Gasteiger partial charge in [0.15, 0.2) is 0 Å². The molecule has 0 spiro atoms. The molecule has 21 heavy (non-hydrogen) atoms.